The second-order valence-electron chi connectivity index (χ2n) is 5.29. The smallest absolute Gasteiger partial charge is 0.225 e. The molecule has 1 aromatic heterocycles. The first-order chi connectivity index (χ1) is 8.79. The first kappa shape index (κ1) is 11.9. The zero-order valence-corrected chi connectivity index (χ0v) is 10.8. The van der Waals surface area contributed by atoms with Crippen LogP contribution in [0.3, 0.4) is 0 Å². The summed E-state index contributed by atoms with van der Waals surface area (Å²) in [6, 6.07) is 2.22. The molecule has 0 saturated carbocycles. The molecule has 98 valence electrons. The van der Waals surface area contributed by atoms with Gasteiger partial charge in [-0.2, -0.15) is 0 Å². The Morgan fingerprint density at radius 3 is 3.00 bits per heavy atom. The summed E-state index contributed by atoms with van der Waals surface area (Å²) in [5.74, 6) is 0.784. The second kappa shape index (κ2) is 4.82. The number of likely N-dealkylation sites (N-methyl/N-ethyl adjacent to an activating group) is 1. The molecule has 0 amide bonds. The van der Waals surface area contributed by atoms with Crippen LogP contribution in [0, 0.1) is 0 Å². The Labute approximate surface area is 108 Å². The summed E-state index contributed by atoms with van der Waals surface area (Å²) in [7, 11) is 2.05. The highest BCUT2D eigenvalue weighted by molar-refractivity contribution is 5.29. The summed E-state index contributed by atoms with van der Waals surface area (Å²) in [6.45, 7) is 2.87. The van der Waals surface area contributed by atoms with Gasteiger partial charge in [-0.05, 0) is 25.5 Å². The van der Waals surface area contributed by atoms with Crippen molar-refractivity contribution < 1.29 is 4.74 Å². The van der Waals surface area contributed by atoms with Gasteiger partial charge >= 0.3 is 0 Å². The van der Waals surface area contributed by atoms with Gasteiger partial charge in [0.1, 0.15) is 0 Å². The van der Waals surface area contributed by atoms with E-state index in [0.29, 0.717) is 6.04 Å². The van der Waals surface area contributed by atoms with E-state index in [4.69, 9.17) is 4.74 Å². The number of hydrogen-bond donors (Lipinski definition) is 1. The van der Waals surface area contributed by atoms with Crippen LogP contribution in [0.15, 0.2) is 18.5 Å². The predicted octanol–water partition coefficient (Wildman–Crippen LogP) is 0.824. The van der Waals surface area contributed by atoms with Gasteiger partial charge in [-0.3, -0.25) is 0 Å². The molecule has 2 aliphatic rings. The molecule has 1 spiro atoms. The molecule has 0 radical (unpaired) electrons. The van der Waals surface area contributed by atoms with Gasteiger partial charge in [0.05, 0.1) is 18.2 Å². The molecule has 0 unspecified atom stereocenters. The lowest BCUT2D eigenvalue weighted by Crippen LogP contribution is -2.46. The summed E-state index contributed by atoms with van der Waals surface area (Å²) >= 11 is 0. The number of aromatic nitrogens is 2. The zero-order valence-electron chi connectivity index (χ0n) is 10.8. The van der Waals surface area contributed by atoms with E-state index < -0.39 is 0 Å². The fourth-order valence-corrected chi connectivity index (χ4v) is 2.94. The monoisotopic (exact) mass is 248 g/mol. The molecule has 18 heavy (non-hydrogen) atoms. The molecule has 1 N–H and O–H groups in total. The van der Waals surface area contributed by atoms with Gasteiger partial charge in [-0.25, -0.2) is 9.97 Å². The average molecular weight is 248 g/mol. The molecule has 5 nitrogen and oxygen atoms in total. The van der Waals surface area contributed by atoms with Gasteiger partial charge in [0.25, 0.3) is 0 Å². The predicted molar refractivity (Wildman–Crippen MR) is 69.6 cm³/mol. The van der Waals surface area contributed by atoms with Gasteiger partial charge in [-0.15, -0.1) is 0 Å². The first-order valence-corrected chi connectivity index (χ1v) is 6.64. The number of nitrogens with one attached hydrogen (secondary N) is 1. The summed E-state index contributed by atoms with van der Waals surface area (Å²) < 4.78 is 6.08. The lowest BCUT2D eigenvalue weighted by molar-refractivity contribution is -0.0139. The van der Waals surface area contributed by atoms with Crippen LogP contribution < -0.4 is 10.2 Å². The molecule has 2 fully saturated rings. The van der Waals surface area contributed by atoms with E-state index in [0.717, 1.165) is 32.1 Å². The quantitative estimate of drug-likeness (QED) is 0.840. The van der Waals surface area contributed by atoms with Crippen LogP contribution in [0.4, 0.5) is 5.95 Å². The summed E-state index contributed by atoms with van der Waals surface area (Å²) in [6.07, 6.45) is 7.01. The van der Waals surface area contributed by atoms with Gasteiger partial charge in [0.2, 0.25) is 5.95 Å². The van der Waals surface area contributed by atoms with Crippen LogP contribution >= 0.6 is 0 Å². The SMILES string of the molecule is CN(c1ncccn1)[C@@H]1CO[C@]2(CCCNC2)C1. The van der Waals surface area contributed by atoms with Crippen LogP contribution in [-0.2, 0) is 4.74 Å². The number of rotatable bonds is 2. The highest BCUT2D eigenvalue weighted by atomic mass is 16.5. The fourth-order valence-electron chi connectivity index (χ4n) is 2.94. The van der Waals surface area contributed by atoms with Crippen molar-refractivity contribution >= 4 is 5.95 Å². The third-order valence-corrected chi connectivity index (χ3v) is 4.04. The van der Waals surface area contributed by atoms with Crippen molar-refractivity contribution in [3.63, 3.8) is 0 Å². The summed E-state index contributed by atoms with van der Waals surface area (Å²) in [4.78, 5) is 10.7. The molecule has 0 aliphatic carbocycles. The molecule has 0 aromatic carbocycles. The van der Waals surface area contributed by atoms with E-state index >= 15 is 0 Å². The maximum atomic E-state index is 6.08. The minimum absolute atomic E-state index is 0.0476. The number of anilines is 1. The third-order valence-electron chi connectivity index (χ3n) is 4.04. The van der Waals surface area contributed by atoms with Crippen LogP contribution in [0.25, 0.3) is 0 Å². The molecule has 1 aromatic rings. The average Bonchev–Trinajstić information content (AvgIpc) is 2.83. The molecule has 3 rings (SSSR count). The maximum Gasteiger partial charge on any atom is 0.225 e. The molecule has 5 heteroatoms. The Hall–Kier alpha value is -1.20. The van der Waals surface area contributed by atoms with Crippen LogP contribution in [0.2, 0.25) is 0 Å². The Morgan fingerprint density at radius 1 is 1.44 bits per heavy atom. The van der Waals surface area contributed by atoms with Crippen molar-refractivity contribution in [3.05, 3.63) is 18.5 Å². The minimum atomic E-state index is 0.0476. The largest absolute Gasteiger partial charge is 0.371 e. The van der Waals surface area contributed by atoms with Gasteiger partial charge in [-0.1, -0.05) is 0 Å². The Kier molecular flexibility index (Phi) is 3.18. The van der Waals surface area contributed by atoms with E-state index in [1.54, 1.807) is 12.4 Å². The zero-order chi connectivity index (χ0) is 12.4. The lowest BCUT2D eigenvalue weighted by Gasteiger charge is -2.33. The van der Waals surface area contributed by atoms with Crippen molar-refractivity contribution in [2.75, 3.05) is 31.6 Å². The van der Waals surface area contributed by atoms with Crippen molar-refractivity contribution in [2.45, 2.75) is 30.9 Å². The molecular weight excluding hydrogens is 228 g/mol. The molecule has 2 atom stereocenters. The standard InChI is InChI=1S/C13H20N4O/c1-17(12-15-6-3-7-16-12)11-8-13(18-9-11)4-2-5-14-10-13/h3,6-7,11,14H,2,4-5,8-10H2,1H3/t11-,13+/m0/s1. The van der Waals surface area contributed by atoms with Crippen molar-refractivity contribution in [1.82, 2.24) is 15.3 Å². The fraction of sp³-hybridized carbons (Fsp3) is 0.692. The normalized spacial score (nSPS) is 31.7. The number of piperidine rings is 1. The van der Waals surface area contributed by atoms with Gasteiger partial charge < -0.3 is 15.0 Å². The van der Waals surface area contributed by atoms with Crippen LogP contribution in [-0.4, -0.2) is 48.4 Å². The van der Waals surface area contributed by atoms with Crippen molar-refractivity contribution in [1.29, 1.82) is 0 Å². The van der Waals surface area contributed by atoms with Crippen molar-refractivity contribution in [3.8, 4) is 0 Å². The van der Waals surface area contributed by atoms with E-state index in [1.807, 2.05) is 6.07 Å². The number of ether oxygens (including phenoxy) is 1. The van der Waals surface area contributed by atoms with Crippen LogP contribution in [0.5, 0.6) is 0 Å². The second-order valence-corrected chi connectivity index (χ2v) is 5.29. The Bertz CT molecular complexity index is 391. The molecule has 2 saturated heterocycles. The topological polar surface area (TPSA) is 50.3 Å². The van der Waals surface area contributed by atoms with Crippen molar-refractivity contribution in [2.24, 2.45) is 0 Å². The highest BCUT2D eigenvalue weighted by Gasteiger charge is 2.42. The minimum Gasteiger partial charge on any atom is -0.371 e. The number of hydrogen-bond acceptors (Lipinski definition) is 5. The maximum absolute atomic E-state index is 6.08. The van der Waals surface area contributed by atoms with E-state index in [-0.39, 0.29) is 5.60 Å². The van der Waals surface area contributed by atoms with Gasteiger partial charge in [0.15, 0.2) is 0 Å². The molecular formula is C13H20N4O. The van der Waals surface area contributed by atoms with E-state index in [2.05, 4.69) is 27.2 Å². The molecule has 3 heterocycles. The Balaban J connectivity index is 1.68. The first-order valence-electron chi connectivity index (χ1n) is 6.64. The van der Waals surface area contributed by atoms with Crippen LogP contribution in [0.1, 0.15) is 19.3 Å². The summed E-state index contributed by atoms with van der Waals surface area (Å²) in [5, 5.41) is 3.44. The summed E-state index contributed by atoms with van der Waals surface area (Å²) in [5.41, 5.74) is 0.0476. The van der Waals surface area contributed by atoms with E-state index in [1.165, 1.54) is 12.8 Å². The Morgan fingerprint density at radius 2 is 2.28 bits per heavy atom. The third kappa shape index (κ3) is 2.20. The molecule has 2 aliphatic heterocycles. The highest BCUT2D eigenvalue weighted by Crippen LogP contribution is 2.34. The van der Waals surface area contributed by atoms with E-state index in [9.17, 15) is 0 Å². The number of nitrogens with zero attached hydrogens (tertiary/aromatic N) is 3. The van der Waals surface area contributed by atoms with Gasteiger partial charge in [0, 0.05) is 32.4 Å². The molecule has 0 bridgehead atoms. The lowest BCUT2D eigenvalue weighted by atomic mass is 9.89.